The third-order valence-electron chi connectivity index (χ3n) is 4.58. The zero-order chi connectivity index (χ0) is 18.6. The first-order chi connectivity index (χ1) is 13.2. The fourth-order valence-corrected chi connectivity index (χ4v) is 3.55. The Hall–Kier alpha value is -2.82. The van der Waals surface area contributed by atoms with Crippen molar-refractivity contribution in [1.29, 1.82) is 0 Å². The molecule has 136 valence electrons. The maximum absolute atomic E-state index is 12.2. The van der Waals surface area contributed by atoms with E-state index in [1.165, 1.54) is 16.7 Å². The molecule has 2 amide bonds. The molecular weight excluding hydrogens is 358 g/mol. The highest BCUT2D eigenvalue weighted by Gasteiger charge is 2.19. The second-order valence-corrected chi connectivity index (χ2v) is 7.14. The minimum Gasteiger partial charge on any atom is -0.308 e. The average molecular weight is 378 g/mol. The van der Waals surface area contributed by atoms with Crippen molar-refractivity contribution in [3.05, 3.63) is 94.5 Å². The van der Waals surface area contributed by atoms with E-state index in [4.69, 9.17) is 11.6 Å². The first-order valence-corrected chi connectivity index (χ1v) is 9.25. The molecular formula is C22H20ClN3O. The van der Waals surface area contributed by atoms with Gasteiger partial charge in [0.1, 0.15) is 0 Å². The van der Waals surface area contributed by atoms with Gasteiger partial charge in [-0.25, -0.2) is 4.79 Å². The molecule has 0 unspecified atom stereocenters. The van der Waals surface area contributed by atoms with Gasteiger partial charge in [0.25, 0.3) is 0 Å². The number of nitrogens with zero attached hydrogens (tertiary/aromatic N) is 1. The van der Waals surface area contributed by atoms with Gasteiger partial charge < -0.3 is 10.6 Å². The molecule has 0 spiro atoms. The molecule has 0 saturated heterocycles. The highest BCUT2D eigenvalue weighted by Crippen LogP contribution is 2.27. The fourth-order valence-electron chi connectivity index (χ4n) is 3.36. The summed E-state index contributed by atoms with van der Waals surface area (Å²) in [4.78, 5) is 14.6. The molecule has 0 aromatic heterocycles. The number of benzene rings is 3. The van der Waals surface area contributed by atoms with Crippen molar-refractivity contribution in [1.82, 2.24) is 4.90 Å². The SMILES string of the molecule is O=C(Nc1cccc(Cl)c1)Nc1ccc2c(c1)CN(Cc1ccccc1)C2. The Morgan fingerprint density at radius 3 is 2.37 bits per heavy atom. The second kappa shape index (κ2) is 7.82. The van der Waals surface area contributed by atoms with E-state index in [0.29, 0.717) is 10.7 Å². The van der Waals surface area contributed by atoms with Crippen molar-refractivity contribution in [2.75, 3.05) is 10.6 Å². The predicted molar refractivity (Wildman–Crippen MR) is 110 cm³/mol. The van der Waals surface area contributed by atoms with Crippen molar-refractivity contribution < 1.29 is 4.79 Å². The number of hydrogen-bond acceptors (Lipinski definition) is 2. The molecule has 0 saturated carbocycles. The van der Waals surface area contributed by atoms with Crippen LogP contribution in [0.1, 0.15) is 16.7 Å². The fraction of sp³-hybridized carbons (Fsp3) is 0.136. The Kier molecular flexibility index (Phi) is 5.10. The van der Waals surface area contributed by atoms with Crippen LogP contribution >= 0.6 is 11.6 Å². The second-order valence-electron chi connectivity index (χ2n) is 6.70. The van der Waals surface area contributed by atoms with Gasteiger partial charge in [0.15, 0.2) is 0 Å². The number of carbonyl (C=O) groups is 1. The Morgan fingerprint density at radius 2 is 1.59 bits per heavy atom. The van der Waals surface area contributed by atoms with E-state index in [-0.39, 0.29) is 6.03 Å². The topological polar surface area (TPSA) is 44.4 Å². The molecule has 4 nitrogen and oxygen atoms in total. The monoisotopic (exact) mass is 377 g/mol. The van der Waals surface area contributed by atoms with Crippen LogP contribution in [0.25, 0.3) is 0 Å². The molecule has 5 heteroatoms. The van der Waals surface area contributed by atoms with E-state index in [0.717, 1.165) is 25.3 Å². The van der Waals surface area contributed by atoms with Gasteiger partial charge in [-0.2, -0.15) is 0 Å². The number of rotatable bonds is 4. The predicted octanol–water partition coefficient (Wildman–Crippen LogP) is 5.50. The average Bonchev–Trinajstić information content (AvgIpc) is 3.04. The highest BCUT2D eigenvalue weighted by molar-refractivity contribution is 6.30. The first kappa shape index (κ1) is 17.6. The van der Waals surface area contributed by atoms with Crippen molar-refractivity contribution >= 4 is 29.0 Å². The quantitative estimate of drug-likeness (QED) is 0.630. The number of urea groups is 1. The van der Waals surface area contributed by atoms with Gasteiger partial charge in [0.2, 0.25) is 0 Å². The van der Waals surface area contributed by atoms with Crippen molar-refractivity contribution in [3.8, 4) is 0 Å². The van der Waals surface area contributed by atoms with E-state index >= 15 is 0 Å². The van der Waals surface area contributed by atoms with Crippen molar-refractivity contribution in [2.45, 2.75) is 19.6 Å². The van der Waals surface area contributed by atoms with Crippen LogP contribution in [0.3, 0.4) is 0 Å². The lowest BCUT2D eigenvalue weighted by Gasteiger charge is -2.14. The zero-order valence-electron chi connectivity index (χ0n) is 14.8. The smallest absolute Gasteiger partial charge is 0.308 e. The Balaban J connectivity index is 1.38. The molecule has 1 aliphatic rings. The molecule has 1 aliphatic heterocycles. The summed E-state index contributed by atoms with van der Waals surface area (Å²) in [5.41, 5.74) is 5.33. The normalized spacial score (nSPS) is 13.2. The summed E-state index contributed by atoms with van der Waals surface area (Å²) in [5.74, 6) is 0. The van der Waals surface area contributed by atoms with E-state index < -0.39 is 0 Å². The van der Waals surface area contributed by atoms with E-state index in [9.17, 15) is 4.79 Å². The van der Waals surface area contributed by atoms with Gasteiger partial charge >= 0.3 is 6.03 Å². The largest absolute Gasteiger partial charge is 0.323 e. The lowest BCUT2D eigenvalue weighted by molar-refractivity contribution is 0.262. The van der Waals surface area contributed by atoms with Crippen LogP contribution in [0.5, 0.6) is 0 Å². The first-order valence-electron chi connectivity index (χ1n) is 8.87. The van der Waals surface area contributed by atoms with Gasteiger partial charge in [-0.3, -0.25) is 4.90 Å². The number of amides is 2. The molecule has 3 aromatic rings. The molecule has 1 heterocycles. The highest BCUT2D eigenvalue weighted by atomic mass is 35.5. The molecule has 0 radical (unpaired) electrons. The van der Waals surface area contributed by atoms with Crippen LogP contribution < -0.4 is 10.6 Å². The summed E-state index contributed by atoms with van der Waals surface area (Å²) in [7, 11) is 0. The molecule has 2 N–H and O–H groups in total. The number of hydrogen-bond donors (Lipinski definition) is 2. The van der Waals surface area contributed by atoms with E-state index in [1.807, 2.05) is 12.1 Å². The molecule has 27 heavy (non-hydrogen) atoms. The third kappa shape index (κ3) is 4.48. The Labute approximate surface area is 163 Å². The molecule has 0 fully saturated rings. The molecule has 3 aromatic carbocycles. The molecule has 0 aliphatic carbocycles. The minimum atomic E-state index is -0.281. The van der Waals surface area contributed by atoms with Crippen LogP contribution in [0.2, 0.25) is 5.02 Å². The standard InChI is InChI=1S/C22H20ClN3O/c23-19-7-4-8-20(12-19)24-22(27)25-21-10-9-17-14-26(15-18(17)11-21)13-16-5-2-1-3-6-16/h1-12H,13-15H2,(H2,24,25,27). The summed E-state index contributed by atoms with van der Waals surface area (Å²) in [5, 5.41) is 6.27. The van der Waals surface area contributed by atoms with Gasteiger partial charge in [-0.05, 0) is 47.0 Å². The summed E-state index contributed by atoms with van der Waals surface area (Å²) in [6, 6.07) is 23.4. The summed E-state index contributed by atoms with van der Waals surface area (Å²) in [6.45, 7) is 2.74. The van der Waals surface area contributed by atoms with Crippen LogP contribution in [0.15, 0.2) is 72.8 Å². The number of halogens is 1. The third-order valence-corrected chi connectivity index (χ3v) is 4.82. The minimum absolute atomic E-state index is 0.281. The maximum Gasteiger partial charge on any atom is 0.323 e. The van der Waals surface area contributed by atoms with Crippen LogP contribution in [0, 0.1) is 0 Å². The van der Waals surface area contributed by atoms with Gasteiger partial charge in [-0.1, -0.05) is 54.1 Å². The summed E-state index contributed by atoms with van der Waals surface area (Å²) < 4.78 is 0. The number of anilines is 2. The van der Waals surface area contributed by atoms with E-state index in [2.05, 4.69) is 51.9 Å². The van der Waals surface area contributed by atoms with Crippen LogP contribution in [-0.2, 0) is 19.6 Å². The van der Waals surface area contributed by atoms with E-state index in [1.54, 1.807) is 24.3 Å². The van der Waals surface area contributed by atoms with Crippen LogP contribution in [-0.4, -0.2) is 10.9 Å². The van der Waals surface area contributed by atoms with Crippen molar-refractivity contribution in [2.24, 2.45) is 0 Å². The zero-order valence-corrected chi connectivity index (χ0v) is 15.5. The van der Waals surface area contributed by atoms with Gasteiger partial charge in [-0.15, -0.1) is 0 Å². The number of carbonyl (C=O) groups excluding carboxylic acids is 1. The molecule has 4 rings (SSSR count). The number of fused-ring (bicyclic) bond motifs is 1. The number of nitrogens with one attached hydrogen (secondary N) is 2. The maximum atomic E-state index is 12.2. The summed E-state index contributed by atoms with van der Waals surface area (Å²) >= 11 is 5.95. The van der Waals surface area contributed by atoms with Crippen molar-refractivity contribution in [3.63, 3.8) is 0 Å². The Bertz CT molecular complexity index is 959. The molecule has 0 atom stereocenters. The molecule has 0 bridgehead atoms. The lowest BCUT2D eigenvalue weighted by atomic mass is 10.1. The van der Waals surface area contributed by atoms with Gasteiger partial charge in [0.05, 0.1) is 0 Å². The van der Waals surface area contributed by atoms with Gasteiger partial charge in [0, 0.05) is 36.0 Å². The summed E-state index contributed by atoms with van der Waals surface area (Å²) in [6.07, 6.45) is 0. The Morgan fingerprint density at radius 1 is 0.852 bits per heavy atom. The lowest BCUT2D eigenvalue weighted by Crippen LogP contribution is -2.19. The van der Waals surface area contributed by atoms with Crippen LogP contribution in [0.4, 0.5) is 16.2 Å².